The lowest BCUT2D eigenvalue weighted by atomic mass is 9.98. The number of hydrogen-bond donors (Lipinski definition) is 4. The minimum atomic E-state index is -0.493. The molecule has 0 amide bonds. The molecule has 0 fully saturated rings. The van der Waals surface area contributed by atoms with Gasteiger partial charge in [0.1, 0.15) is 0 Å². The van der Waals surface area contributed by atoms with Crippen molar-refractivity contribution >= 4 is 11.5 Å². The normalized spacial score (nSPS) is 10.7. The van der Waals surface area contributed by atoms with Crippen molar-refractivity contribution in [2.45, 2.75) is 13.3 Å². The Morgan fingerprint density at radius 1 is 1.08 bits per heavy atom. The Morgan fingerprint density at radius 2 is 1.75 bits per heavy atom. The fourth-order valence-corrected chi connectivity index (χ4v) is 2.50. The Kier molecular flexibility index (Phi) is 3.95. The van der Waals surface area contributed by atoms with Gasteiger partial charge in [0.05, 0.1) is 5.69 Å². The van der Waals surface area contributed by atoms with Gasteiger partial charge in [-0.15, -0.1) is 0 Å². The number of anilines is 1. The zero-order chi connectivity index (χ0) is 17.3. The third-order valence-electron chi connectivity index (χ3n) is 3.87. The van der Waals surface area contributed by atoms with Crippen LogP contribution in [-0.2, 0) is 6.42 Å². The number of ketones is 1. The van der Waals surface area contributed by atoms with Gasteiger partial charge >= 0.3 is 5.69 Å². The Morgan fingerprint density at radius 3 is 2.38 bits per heavy atom. The van der Waals surface area contributed by atoms with Gasteiger partial charge < -0.3 is 15.8 Å². The number of aromatic hydroxyl groups is 1. The monoisotopic (exact) mass is 323 g/mol. The number of rotatable bonds is 4. The van der Waals surface area contributed by atoms with E-state index in [1.54, 1.807) is 30.3 Å². The van der Waals surface area contributed by atoms with Gasteiger partial charge in [-0.1, -0.05) is 29.8 Å². The number of carbonyl (C=O) groups is 1. The molecule has 1 heterocycles. The van der Waals surface area contributed by atoms with E-state index < -0.39 is 5.69 Å². The van der Waals surface area contributed by atoms with Gasteiger partial charge in [-0.3, -0.25) is 9.78 Å². The van der Waals surface area contributed by atoms with Crippen LogP contribution in [0.15, 0.2) is 47.3 Å². The maximum absolute atomic E-state index is 12.6. The molecule has 6 nitrogen and oxygen atoms in total. The summed E-state index contributed by atoms with van der Waals surface area (Å²) < 4.78 is 0. The Labute approximate surface area is 138 Å². The maximum Gasteiger partial charge on any atom is 0.325 e. The van der Waals surface area contributed by atoms with E-state index in [-0.39, 0.29) is 18.1 Å². The van der Waals surface area contributed by atoms with Crippen molar-refractivity contribution in [2.75, 3.05) is 5.73 Å². The third kappa shape index (κ3) is 3.08. The van der Waals surface area contributed by atoms with Crippen LogP contribution in [0.5, 0.6) is 5.88 Å². The second kappa shape index (κ2) is 6.08. The second-order valence-corrected chi connectivity index (χ2v) is 5.69. The van der Waals surface area contributed by atoms with Crippen molar-refractivity contribution in [1.29, 1.82) is 0 Å². The van der Waals surface area contributed by atoms with E-state index in [1.165, 1.54) is 0 Å². The van der Waals surface area contributed by atoms with Crippen LogP contribution in [0.3, 0.4) is 0 Å². The second-order valence-electron chi connectivity index (χ2n) is 5.69. The average molecular weight is 323 g/mol. The molecule has 1 aromatic heterocycles. The minimum absolute atomic E-state index is 0.108. The number of hydrogen-bond acceptors (Lipinski definition) is 4. The van der Waals surface area contributed by atoms with Crippen LogP contribution in [-0.4, -0.2) is 20.9 Å². The lowest BCUT2D eigenvalue weighted by Gasteiger charge is -2.08. The Balaban J connectivity index is 1.93. The highest BCUT2D eigenvalue weighted by molar-refractivity contribution is 6.09. The number of H-pyrrole nitrogens is 2. The van der Waals surface area contributed by atoms with Crippen molar-refractivity contribution in [3.8, 4) is 5.88 Å². The zero-order valence-corrected chi connectivity index (χ0v) is 13.1. The molecule has 0 aliphatic heterocycles. The molecule has 2 aromatic carbocycles. The number of nitrogens with two attached hydrogens (primary N) is 1. The molecule has 0 saturated carbocycles. The predicted octanol–water partition coefficient (Wildman–Crippen LogP) is 2.12. The molecule has 24 heavy (non-hydrogen) atoms. The topological polar surface area (TPSA) is 112 Å². The summed E-state index contributed by atoms with van der Waals surface area (Å²) in [6.07, 6.45) is 0.214. The first-order valence-corrected chi connectivity index (χ1v) is 7.44. The number of nitrogen functional groups attached to an aromatic ring is 1. The molecule has 5 N–H and O–H groups in total. The van der Waals surface area contributed by atoms with Crippen LogP contribution < -0.4 is 11.4 Å². The molecule has 122 valence electrons. The summed E-state index contributed by atoms with van der Waals surface area (Å²) in [5, 5.41) is 9.67. The van der Waals surface area contributed by atoms with E-state index in [0.717, 1.165) is 5.56 Å². The highest BCUT2D eigenvalue weighted by Crippen LogP contribution is 2.22. The summed E-state index contributed by atoms with van der Waals surface area (Å²) in [4.78, 5) is 28.6. The molecule has 0 bridgehead atoms. The van der Waals surface area contributed by atoms with Gasteiger partial charge in [-0.2, -0.15) is 0 Å². The summed E-state index contributed by atoms with van der Waals surface area (Å²) in [5.41, 5.74) is 9.10. The summed E-state index contributed by atoms with van der Waals surface area (Å²) in [5.74, 6) is -0.335. The summed E-state index contributed by atoms with van der Waals surface area (Å²) in [7, 11) is 0. The highest BCUT2D eigenvalue weighted by atomic mass is 16.3. The Hall–Kier alpha value is -3.28. The number of aryl methyl sites for hydroxylation is 1. The van der Waals surface area contributed by atoms with E-state index in [9.17, 15) is 14.7 Å². The number of nitrogens with one attached hydrogen (secondary N) is 2. The number of aromatic amines is 2. The van der Waals surface area contributed by atoms with Gasteiger partial charge in [-0.25, -0.2) is 4.79 Å². The maximum atomic E-state index is 12.6. The minimum Gasteiger partial charge on any atom is -0.493 e. The van der Waals surface area contributed by atoms with Crippen molar-refractivity contribution in [3.63, 3.8) is 0 Å². The molecular weight excluding hydrogens is 306 g/mol. The number of carbonyl (C=O) groups excluding carboxylic acids is 1. The van der Waals surface area contributed by atoms with Crippen molar-refractivity contribution < 1.29 is 9.90 Å². The predicted molar refractivity (Wildman–Crippen MR) is 91.4 cm³/mol. The lowest BCUT2D eigenvalue weighted by molar-refractivity contribution is 0.103. The number of imidazole rings is 1. The quantitative estimate of drug-likeness (QED) is 0.435. The molecule has 0 unspecified atom stereocenters. The van der Waals surface area contributed by atoms with Crippen LogP contribution in [0.2, 0.25) is 0 Å². The summed E-state index contributed by atoms with van der Waals surface area (Å²) >= 11 is 0. The fourth-order valence-electron chi connectivity index (χ4n) is 2.50. The van der Waals surface area contributed by atoms with Gasteiger partial charge in [0, 0.05) is 23.2 Å². The molecule has 0 atom stereocenters. The van der Waals surface area contributed by atoms with Gasteiger partial charge in [0.15, 0.2) is 5.78 Å². The van der Waals surface area contributed by atoms with Gasteiger partial charge in [-0.05, 0) is 30.7 Å². The zero-order valence-electron chi connectivity index (χ0n) is 13.1. The van der Waals surface area contributed by atoms with E-state index >= 15 is 0 Å². The van der Waals surface area contributed by atoms with E-state index in [4.69, 9.17) is 5.73 Å². The molecule has 0 spiro atoms. The molecule has 0 aliphatic rings. The van der Waals surface area contributed by atoms with E-state index in [2.05, 4.69) is 9.97 Å². The number of aromatic nitrogens is 2. The molecule has 0 aliphatic carbocycles. The first-order chi connectivity index (χ1) is 11.4. The van der Waals surface area contributed by atoms with Gasteiger partial charge in [0.2, 0.25) is 5.88 Å². The molecule has 3 rings (SSSR count). The standard InChI is InChI=1S/C18H17N3O3/c1-10-2-4-11(5-3-10)16(22)12-6-7-14(19)13(8-12)9-15-17(23)21-18(24)20-15/h2-8,23H,9,19H2,1H3,(H2,20,21,24). The molecule has 0 radical (unpaired) electrons. The molecule has 3 aromatic rings. The smallest absolute Gasteiger partial charge is 0.325 e. The molecule has 0 saturated heterocycles. The van der Waals surface area contributed by atoms with Crippen LogP contribution >= 0.6 is 0 Å². The lowest BCUT2D eigenvalue weighted by Crippen LogP contribution is -2.05. The van der Waals surface area contributed by atoms with Crippen LogP contribution in [0.4, 0.5) is 5.69 Å². The molecule has 6 heteroatoms. The Bertz CT molecular complexity index is 952. The van der Waals surface area contributed by atoms with Crippen molar-refractivity contribution in [3.05, 3.63) is 80.9 Å². The highest BCUT2D eigenvalue weighted by Gasteiger charge is 2.13. The first kappa shape index (κ1) is 15.6. The third-order valence-corrected chi connectivity index (χ3v) is 3.87. The van der Waals surface area contributed by atoms with Gasteiger partial charge in [0.25, 0.3) is 0 Å². The van der Waals surface area contributed by atoms with Crippen LogP contribution in [0, 0.1) is 6.92 Å². The largest absolute Gasteiger partial charge is 0.493 e. The summed E-state index contributed by atoms with van der Waals surface area (Å²) in [6, 6.07) is 12.3. The van der Waals surface area contributed by atoms with Crippen LogP contribution in [0.25, 0.3) is 0 Å². The SMILES string of the molecule is Cc1ccc(C(=O)c2ccc(N)c(Cc3[nH]c(=O)[nH]c3O)c2)cc1. The first-order valence-electron chi connectivity index (χ1n) is 7.44. The van der Waals surface area contributed by atoms with E-state index in [0.29, 0.717) is 28.1 Å². The molecular formula is C18H17N3O3. The van der Waals surface area contributed by atoms with E-state index in [1.807, 2.05) is 19.1 Å². The van der Waals surface area contributed by atoms with Crippen molar-refractivity contribution in [2.24, 2.45) is 0 Å². The summed E-state index contributed by atoms with van der Waals surface area (Å²) in [6.45, 7) is 1.96. The average Bonchev–Trinajstić information content (AvgIpc) is 2.87. The van der Waals surface area contributed by atoms with Crippen LogP contribution in [0.1, 0.15) is 32.7 Å². The number of benzene rings is 2. The van der Waals surface area contributed by atoms with Crippen molar-refractivity contribution in [1.82, 2.24) is 9.97 Å². The fraction of sp³-hybridized carbons (Fsp3) is 0.111.